The van der Waals surface area contributed by atoms with Crippen LogP contribution in [0.1, 0.15) is 21.3 Å². The summed E-state index contributed by atoms with van der Waals surface area (Å²) in [7, 11) is 0. The summed E-state index contributed by atoms with van der Waals surface area (Å²) in [6.07, 6.45) is -0.708. The molecule has 112 valence electrons. The molecular formula is C17H15NO2S2. The molecule has 3 nitrogen and oxygen atoms in total. The first-order valence-electron chi connectivity index (χ1n) is 6.86. The number of amides is 1. The van der Waals surface area contributed by atoms with Crippen molar-refractivity contribution in [3.8, 4) is 11.1 Å². The van der Waals surface area contributed by atoms with Gasteiger partial charge in [0.05, 0.1) is 11.0 Å². The van der Waals surface area contributed by atoms with E-state index in [9.17, 15) is 9.90 Å². The molecule has 1 atom stereocenters. The molecule has 0 aliphatic carbocycles. The number of thiophene rings is 2. The Labute approximate surface area is 136 Å². The minimum Gasteiger partial charge on any atom is -0.387 e. The first-order chi connectivity index (χ1) is 10.7. The van der Waals surface area contributed by atoms with Crippen molar-refractivity contribution in [1.82, 2.24) is 5.32 Å². The van der Waals surface area contributed by atoms with E-state index in [1.54, 1.807) is 17.4 Å². The fraction of sp³-hybridized carbons (Fsp3) is 0.118. The summed E-state index contributed by atoms with van der Waals surface area (Å²) in [6.45, 7) is 0.203. The number of carbonyl (C=O) groups is 1. The van der Waals surface area contributed by atoms with E-state index in [1.165, 1.54) is 16.9 Å². The molecule has 0 saturated heterocycles. The second-order valence-corrected chi connectivity index (χ2v) is 6.56. The lowest BCUT2D eigenvalue weighted by Gasteiger charge is -2.12. The third-order valence-electron chi connectivity index (χ3n) is 3.35. The van der Waals surface area contributed by atoms with Crippen LogP contribution >= 0.6 is 22.7 Å². The van der Waals surface area contributed by atoms with Gasteiger partial charge in [0.25, 0.3) is 5.91 Å². The van der Waals surface area contributed by atoms with Gasteiger partial charge < -0.3 is 10.4 Å². The summed E-state index contributed by atoms with van der Waals surface area (Å²) in [5, 5.41) is 18.9. The van der Waals surface area contributed by atoms with E-state index >= 15 is 0 Å². The predicted molar refractivity (Wildman–Crippen MR) is 91.4 cm³/mol. The summed E-state index contributed by atoms with van der Waals surface area (Å²) in [5.74, 6) is -0.149. The lowest BCUT2D eigenvalue weighted by atomic mass is 10.0. The lowest BCUT2D eigenvalue weighted by Crippen LogP contribution is -2.27. The largest absolute Gasteiger partial charge is 0.387 e. The van der Waals surface area contributed by atoms with Crippen molar-refractivity contribution in [1.29, 1.82) is 0 Å². The molecule has 5 heteroatoms. The molecule has 0 aliphatic rings. The van der Waals surface area contributed by atoms with Gasteiger partial charge in [-0.05, 0) is 45.0 Å². The number of nitrogens with one attached hydrogen (secondary N) is 1. The van der Waals surface area contributed by atoms with Crippen molar-refractivity contribution in [2.24, 2.45) is 0 Å². The average Bonchev–Trinajstić information content (AvgIpc) is 3.25. The van der Waals surface area contributed by atoms with Crippen molar-refractivity contribution in [3.05, 3.63) is 69.0 Å². The molecule has 0 bridgehead atoms. The average molecular weight is 329 g/mol. The van der Waals surface area contributed by atoms with Crippen LogP contribution in [0.15, 0.2) is 58.6 Å². The fourth-order valence-electron chi connectivity index (χ4n) is 2.13. The molecule has 22 heavy (non-hydrogen) atoms. The normalized spacial score (nSPS) is 12.0. The van der Waals surface area contributed by atoms with Crippen LogP contribution in [-0.4, -0.2) is 17.6 Å². The topological polar surface area (TPSA) is 49.3 Å². The van der Waals surface area contributed by atoms with E-state index in [1.807, 2.05) is 41.1 Å². The fourth-order valence-corrected chi connectivity index (χ4v) is 3.43. The molecular weight excluding hydrogens is 314 g/mol. The second kappa shape index (κ2) is 6.87. The smallest absolute Gasteiger partial charge is 0.261 e. The maximum atomic E-state index is 11.8. The van der Waals surface area contributed by atoms with Crippen LogP contribution in [0.25, 0.3) is 11.1 Å². The molecule has 0 spiro atoms. The highest BCUT2D eigenvalue weighted by atomic mass is 32.1. The molecule has 0 aliphatic heterocycles. The third-order valence-corrected chi connectivity index (χ3v) is 4.90. The van der Waals surface area contributed by atoms with Crippen LogP contribution in [0.5, 0.6) is 0 Å². The van der Waals surface area contributed by atoms with Crippen LogP contribution in [-0.2, 0) is 0 Å². The highest BCUT2D eigenvalue weighted by Gasteiger charge is 2.11. The summed E-state index contributed by atoms with van der Waals surface area (Å²) in [5.41, 5.74) is 3.10. The third kappa shape index (κ3) is 3.44. The Hall–Kier alpha value is -1.95. The van der Waals surface area contributed by atoms with E-state index in [-0.39, 0.29) is 12.5 Å². The van der Waals surface area contributed by atoms with Crippen molar-refractivity contribution in [2.45, 2.75) is 6.10 Å². The van der Waals surface area contributed by atoms with E-state index in [2.05, 4.69) is 16.8 Å². The summed E-state index contributed by atoms with van der Waals surface area (Å²) < 4.78 is 0. The van der Waals surface area contributed by atoms with Gasteiger partial charge in [-0.1, -0.05) is 30.3 Å². The van der Waals surface area contributed by atoms with Crippen LogP contribution in [0, 0.1) is 0 Å². The number of hydrogen-bond donors (Lipinski definition) is 2. The Morgan fingerprint density at radius 2 is 1.91 bits per heavy atom. The van der Waals surface area contributed by atoms with E-state index in [4.69, 9.17) is 0 Å². The number of hydrogen-bond acceptors (Lipinski definition) is 4. The molecule has 1 unspecified atom stereocenters. The molecule has 1 amide bonds. The van der Waals surface area contributed by atoms with Gasteiger partial charge in [-0.2, -0.15) is 11.3 Å². The first kappa shape index (κ1) is 15.0. The zero-order valence-electron chi connectivity index (χ0n) is 11.7. The number of benzene rings is 1. The van der Waals surface area contributed by atoms with Crippen molar-refractivity contribution in [2.75, 3.05) is 6.54 Å². The summed E-state index contributed by atoms with van der Waals surface area (Å²) in [6, 6.07) is 13.4. The Morgan fingerprint density at radius 3 is 2.55 bits per heavy atom. The maximum absolute atomic E-state index is 11.8. The van der Waals surface area contributed by atoms with Crippen LogP contribution in [0.2, 0.25) is 0 Å². The summed E-state index contributed by atoms with van der Waals surface area (Å²) in [4.78, 5) is 12.5. The van der Waals surface area contributed by atoms with Gasteiger partial charge in [-0.3, -0.25) is 4.79 Å². The van der Waals surface area contributed by atoms with Crippen LogP contribution in [0.3, 0.4) is 0 Å². The molecule has 2 N–H and O–H groups in total. The maximum Gasteiger partial charge on any atom is 0.261 e. The van der Waals surface area contributed by atoms with E-state index < -0.39 is 6.10 Å². The van der Waals surface area contributed by atoms with Gasteiger partial charge in [0.2, 0.25) is 0 Å². The lowest BCUT2D eigenvalue weighted by molar-refractivity contribution is 0.0920. The first-order valence-corrected chi connectivity index (χ1v) is 8.68. The monoisotopic (exact) mass is 329 g/mol. The zero-order chi connectivity index (χ0) is 15.4. The Bertz CT molecular complexity index is 719. The molecule has 3 rings (SSSR count). The Kier molecular flexibility index (Phi) is 4.68. The molecule has 2 aromatic heterocycles. The van der Waals surface area contributed by atoms with E-state index in [0.717, 1.165) is 11.1 Å². The van der Waals surface area contributed by atoms with Gasteiger partial charge in [-0.15, -0.1) is 11.3 Å². The number of aliphatic hydroxyl groups is 1. The van der Waals surface area contributed by atoms with Gasteiger partial charge in [0.1, 0.15) is 0 Å². The molecule has 0 fully saturated rings. The number of aliphatic hydroxyl groups excluding tert-OH is 1. The van der Waals surface area contributed by atoms with Crippen molar-refractivity contribution in [3.63, 3.8) is 0 Å². The van der Waals surface area contributed by atoms with Crippen molar-refractivity contribution >= 4 is 28.6 Å². The highest BCUT2D eigenvalue weighted by Crippen LogP contribution is 2.24. The Balaban J connectivity index is 1.60. The van der Waals surface area contributed by atoms with Crippen molar-refractivity contribution < 1.29 is 9.90 Å². The molecule has 0 saturated carbocycles. The number of rotatable bonds is 5. The van der Waals surface area contributed by atoms with Gasteiger partial charge >= 0.3 is 0 Å². The number of carbonyl (C=O) groups excluding carboxylic acids is 1. The standard InChI is InChI=1S/C17H15NO2S2/c19-15(10-18-17(20)16-2-1-8-22-16)13-5-3-12(4-6-13)14-7-9-21-11-14/h1-9,11,15,19H,10H2,(H,18,20). The predicted octanol–water partition coefficient (Wildman–Crippen LogP) is 3.94. The molecule has 1 aromatic carbocycles. The van der Waals surface area contributed by atoms with Crippen LogP contribution < -0.4 is 5.32 Å². The minimum atomic E-state index is -0.708. The SMILES string of the molecule is O=C(NCC(O)c1ccc(-c2ccsc2)cc1)c1cccs1. The minimum absolute atomic E-state index is 0.149. The summed E-state index contributed by atoms with van der Waals surface area (Å²) >= 11 is 3.05. The van der Waals surface area contributed by atoms with Crippen LogP contribution in [0.4, 0.5) is 0 Å². The van der Waals surface area contributed by atoms with Gasteiger partial charge in [0, 0.05) is 6.54 Å². The zero-order valence-corrected chi connectivity index (χ0v) is 13.4. The quantitative estimate of drug-likeness (QED) is 0.745. The Morgan fingerprint density at radius 1 is 1.09 bits per heavy atom. The molecule has 3 aromatic rings. The molecule has 0 radical (unpaired) electrons. The van der Waals surface area contributed by atoms with Gasteiger partial charge in [-0.25, -0.2) is 0 Å². The molecule has 2 heterocycles. The highest BCUT2D eigenvalue weighted by molar-refractivity contribution is 7.12. The van der Waals surface area contributed by atoms with Gasteiger partial charge in [0.15, 0.2) is 0 Å². The van der Waals surface area contributed by atoms with E-state index in [0.29, 0.717) is 4.88 Å². The second-order valence-electron chi connectivity index (χ2n) is 4.84.